The predicted octanol–water partition coefficient (Wildman–Crippen LogP) is 4.10. The van der Waals surface area contributed by atoms with Crippen LogP contribution in [0.5, 0.6) is 0 Å². The third-order valence-corrected chi connectivity index (χ3v) is 3.73. The van der Waals surface area contributed by atoms with Crippen molar-refractivity contribution in [2.75, 3.05) is 0 Å². The quantitative estimate of drug-likeness (QED) is 0.779. The van der Waals surface area contributed by atoms with Crippen LogP contribution in [0.3, 0.4) is 0 Å². The third-order valence-electron chi connectivity index (χ3n) is 2.56. The lowest BCUT2D eigenvalue weighted by atomic mass is 10.2. The van der Waals surface area contributed by atoms with Crippen molar-refractivity contribution in [3.05, 3.63) is 50.7 Å². The molecule has 1 aromatic carbocycles. The number of carbonyl (C=O) groups excluding carboxylic acids is 1. The SMILES string of the molecule is O=Cc1c(C(F)F)nn(Cc2ccccc2Br)c1Cl. The average Bonchev–Trinajstić information content (AvgIpc) is 2.69. The zero-order chi connectivity index (χ0) is 14.0. The Bertz CT molecular complexity index is 616. The van der Waals surface area contributed by atoms with E-state index in [1.165, 1.54) is 4.68 Å². The lowest BCUT2D eigenvalue weighted by molar-refractivity contribution is 0.110. The molecule has 0 unspecified atom stereocenters. The minimum Gasteiger partial charge on any atom is -0.298 e. The van der Waals surface area contributed by atoms with Gasteiger partial charge in [0.2, 0.25) is 0 Å². The molecule has 2 rings (SSSR count). The highest BCUT2D eigenvalue weighted by atomic mass is 79.9. The number of nitrogens with zero attached hydrogens (tertiary/aromatic N) is 2. The molecule has 0 bridgehead atoms. The standard InChI is InChI=1S/C12H8BrClF2N2O/c13-9-4-2-1-3-7(9)5-18-11(14)8(6-19)10(17-18)12(15)16/h1-4,6,12H,5H2. The van der Waals surface area contributed by atoms with Crippen molar-refractivity contribution in [3.63, 3.8) is 0 Å². The number of alkyl halides is 2. The van der Waals surface area contributed by atoms with Crippen LogP contribution < -0.4 is 0 Å². The van der Waals surface area contributed by atoms with Crippen LogP contribution in [0.25, 0.3) is 0 Å². The first kappa shape index (κ1) is 14.1. The summed E-state index contributed by atoms with van der Waals surface area (Å²) < 4.78 is 27.4. The van der Waals surface area contributed by atoms with Crippen molar-refractivity contribution >= 4 is 33.8 Å². The van der Waals surface area contributed by atoms with Crippen molar-refractivity contribution in [1.82, 2.24) is 9.78 Å². The molecular weight excluding hydrogens is 341 g/mol. The number of hydrogen-bond donors (Lipinski definition) is 0. The molecule has 3 nitrogen and oxygen atoms in total. The monoisotopic (exact) mass is 348 g/mol. The van der Waals surface area contributed by atoms with E-state index in [0.717, 1.165) is 10.0 Å². The van der Waals surface area contributed by atoms with Crippen LogP contribution in [0.1, 0.15) is 28.0 Å². The smallest absolute Gasteiger partial charge is 0.282 e. The molecule has 0 saturated heterocycles. The van der Waals surface area contributed by atoms with Crippen LogP contribution >= 0.6 is 27.5 Å². The van der Waals surface area contributed by atoms with E-state index in [1.807, 2.05) is 24.3 Å². The molecule has 0 fully saturated rings. The summed E-state index contributed by atoms with van der Waals surface area (Å²) in [5.74, 6) is 0. The lowest BCUT2D eigenvalue weighted by Gasteiger charge is -2.05. The van der Waals surface area contributed by atoms with Crippen LogP contribution in [0.4, 0.5) is 8.78 Å². The second kappa shape index (κ2) is 5.79. The van der Waals surface area contributed by atoms with Crippen LogP contribution in [0.15, 0.2) is 28.7 Å². The summed E-state index contributed by atoms with van der Waals surface area (Å²) in [4.78, 5) is 10.8. The largest absolute Gasteiger partial charge is 0.298 e. The maximum atomic E-state index is 12.7. The summed E-state index contributed by atoms with van der Waals surface area (Å²) in [7, 11) is 0. The Hall–Kier alpha value is -1.27. The Balaban J connectivity index is 2.41. The molecule has 7 heteroatoms. The molecule has 100 valence electrons. The molecular formula is C12H8BrClF2N2O. The predicted molar refractivity (Wildman–Crippen MR) is 70.8 cm³/mol. The summed E-state index contributed by atoms with van der Waals surface area (Å²) in [5, 5.41) is 3.62. The number of hydrogen-bond acceptors (Lipinski definition) is 2. The molecule has 19 heavy (non-hydrogen) atoms. The highest BCUT2D eigenvalue weighted by Crippen LogP contribution is 2.28. The Morgan fingerprint density at radius 3 is 2.63 bits per heavy atom. The number of carbonyl (C=O) groups is 1. The van der Waals surface area contributed by atoms with E-state index in [0.29, 0.717) is 6.29 Å². The van der Waals surface area contributed by atoms with Crippen LogP contribution in [0.2, 0.25) is 5.15 Å². The topological polar surface area (TPSA) is 34.9 Å². The van der Waals surface area contributed by atoms with Gasteiger partial charge in [-0.25, -0.2) is 13.5 Å². The van der Waals surface area contributed by atoms with Gasteiger partial charge in [0.05, 0.1) is 12.1 Å². The summed E-state index contributed by atoms with van der Waals surface area (Å²) in [5.41, 5.74) is -0.0269. The molecule has 1 aromatic heterocycles. The van der Waals surface area contributed by atoms with Gasteiger partial charge < -0.3 is 0 Å². The zero-order valence-electron chi connectivity index (χ0n) is 9.49. The highest BCUT2D eigenvalue weighted by Gasteiger charge is 2.22. The van der Waals surface area contributed by atoms with Gasteiger partial charge in [0, 0.05) is 4.47 Å². The Kier molecular flexibility index (Phi) is 4.31. The Labute approximate surface area is 121 Å². The van der Waals surface area contributed by atoms with Crippen molar-refractivity contribution in [2.45, 2.75) is 13.0 Å². The first-order valence-corrected chi connectivity index (χ1v) is 6.44. The number of benzene rings is 1. The molecule has 0 N–H and O–H groups in total. The van der Waals surface area contributed by atoms with E-state index < -0.39 is 12.1 Å². The van der Waals surface area contributed by atoms with Crippen LogP contribution in [-0.4, -0.2) is 16.1 Å². The van der Waals surface area contributed by atoms with Crippen LogP contribution in [0, 0.1) is 0 Å². The second-order valence-electron chi connectivity index (χ2n) is 3.76. The van der Waals surface area contributed by atoms with E-state index in [4.69, 9.17) is 11.6 Å². The molecule has 2 aromatic rings. The fraction of sp³-hybridized carbons (Fsp3) is 0.167. The molecule has 0 amide bonds. The molecule has 0 saturated carbocycles. The fourth-order valence-corrected chi connectivity index (χ4v) is 2.28. The first-order valence-electron chi connectivity index (χ1n) is 5.27. The van der Waals surface area contributed by atoms with E-state index >= 15 is 0 Å². The van der Waals surface area contributed by atoms with Gasteiger partial charge in [-0.05, 0) is 11.6 Å². The van der Waals surface area contributed by atoms with E-state index in [9.17, 15) is 13.6 Å². The van der Waals surface area contributed by atoms with Gasteiger partial charge in [0.25, 0.3) is 6.43 Å². The normalized spacial score (nSPS) is 11.0. The molecule has 0 spiro atoms. The first-order chi connectivity index (χ1) is 9.04. The van der Waals surface area contributed by atoms with Gasteiger partial charge in [-0.3, -0.25) is 4.79 Å². The number of aldehydes is 1. The molecule has 0 aliphatic rings. The maximum absolute atomic E-state index is 12.7. The molecule has 1 heterocycles. The van der Waals surface area contributed by atoms with Gasteiger partial charge in [-0.1, -0.05) is 45.7 Å². The van der Waals surface area contributed by atoms with Crippen molar-refractivity contribution < 1.29 is 13.6 Å². The van der Waals surface area contributed by atoms with E-state index in [2.05, 4.69) is 21.0 Å². The highest BCUT2D eigenvalue weighted by molar-refractivity contribution is 9.10. The Morgan fingerprint density at radius 2 is 2.11 bits per heavy atom. The minimum atomic E-state index is -2.84. The summed E-state index contributed by atoms with van der Waals surface area (Å²) in [6.07, 6.45) is -2.54. The number of aromatic nitrogens is 2. The summed E-state index contributed by atoms with van der Waals surface area (Å²) in [6.45, 7) is 0.202. The zero-order valence-corrected chi connectivity index (χ0v) is 11.8. The van der Waals surface area contributed by atoms with Gasteiger partial charge >= 0.3 is 0 Å². The lowest BCUT2D eigenvalue weighted by Crippen LogP contribution is -2.03. The van der Waals surface area contributed by atoms with Gasteiger partial charge in [-0.15, -0.1) is 0 Å². The minimum absolute atomic E-state index is 0.0824. The number of halogens is 4. The molecule has 0 aliphatic carbocycles. The molecule has 0 radical (unpaired) electrons. The summed E-state index contributed by atoms with van der Waals surface area (Å²) in [6, 6.07) is 7.28. The maximum Gasteiger partial charge on any atom is 0.282 e. The fourth-order valence-electron chi connectivity index (χ4n) is 1.64. The number of rotatable bonds is 4. The van der Waals surface area contributed by atoms with Crippen LogP contribution in [-0.2, 0) is 6.54 Å². The molecule has 0 aliphatic heterocycles. The Morgan fingerprint density at radius 1 is 1.42 bits per heavy atom. The summed E-state index contributed by atoms with van der Waals surface area (Å²) >= 11 is 9.24. The molecule has 0 atom stereocenters. The van der Waals surface area contributed by atoms with E-state index in [-0.39, 0.29) is 17.3 Å². The second-order valence-corrected chi connectivity index (χ2v) is 4.97. The van der Waals surface area contributed by atoms with Gasteiger partial charge in [0.1, 0.15) is 10.8 Å². The van der Waals surface area contributed by atoms with Crippen molar-refractivity contribution in [3.8, 4) is 0 Å². The van der Waals surface area contributed by atoms with E-state index in [1.54, 1.807) is 0 Å². The van der Waals surface area contributed by atoms with Gasteiger partial charge in [0.15, 0.2) is 6.29 Å². The van der Waals surface area contributed by atoms with Crippen molar-refractivity contribution in [1.29, 1.82) is 0 Å². The van der Waals surface area contributed by atoms with Gasteiger partial charge in [-0.2, -0.15) is 5.10 Å². The third kappa shape index (κ3) is 2.84. The average molecular weight is 350 g/mol. The van der Waals surface area contributed by atoms with Crippen molar-refractivity contribution in [2.24, 2.45) is 0 Å².